The average Bonchev–Trinajstić information content (AvgIpc) is 3.11. The van der Waals surface area contributed by atoms with Crippen LogP contribution in [0.15, 0.2) is 0 Å². The minimum atomic E-state index is 0.0281. The van der Waals surface area contributed by atoms with Crippen LogP contribution in [0.4, 0.5) is 0 Å². The summed E-state index contributed by atoms with van der Waals surface area (Å²) in [5.74, 6) is 0.775. The summed E-state index contributed by atoms with van der Waals surface area (Å²) in [4.78, 5) is 2.58. The summed E-state index contributed by atoms with van der Waals surface area (Å²) in [6, 6.07) is 3.19. The Labute approximate surface area is 106 Å². The van der Waals surface area contributed by atoms with Gasteiger partial charge in [0.05, 0.1) is 12.1 Å². The molecule has 1 aliphatic carbocycles. The van der Waals surface area contributed by atoms with Crippen molar-refractivity contribution in [2.24, 2.45) is 5.92 Å². The molecule has 1 fully saturated rings. The summed E-state index contributed by atoms with van der Waals surface area (Å²) < 4.78 is 0. The van der Waals surface area contributed by atoms with Gasteiger partial charge in [-0.05, 0) is 44.7 Å². The normalized spacial score (nSPS) is 17.4. The van der Waals surface area contributed by atoms with Gasteiger partial charge in [-0.25, -0.2) is 0 Å². The van der Waals surface area contributed by atoms with Crippen molar-refractivity contribution in [3.8, 4) is 6.07 Å². The van der Waals surface area contributed by atoms with E-state index < -0.39 is 0 Å². The molecule has 1 rings (SSSR count). The van der Waals surface area contributed by atoms with E-state index in [9.17, 15) is 0 Å². The van der Waals surface area contributed by atoms with Gasteiger partial charge >= 0.3 is 0 Å². The molecule has 0 radical (unpaired) electrons. The molecule has 1 aliphatic rings. The zero-order valence-electron chi connectivity index (χ0n) is 11.6. The lowest BCUT2D eigenvalue weighted by Gasteiger charge is -2.24. The standard InChI is InChI=1S/C14H27N3/c1-4-16-13(11-15)8-10-17(14-5-6-14)9-7-12(2)3/h12-14,16H,4-10H2,1-3H3. The van der Waals surface area contributed by atoms with Crippen LogP contribution in [-0.2, 0) is 0 Å². The van der Waals surface area contributed by atoms with E-state index in [-0.39, 0.29) is 6.04 Å². The molecule has 0 spiro atoms. The van der Waals surface area contributed by atoms with Gasteiger partial charge in [0.15, 0.2) is 0 Å². The topological polar surface area (TPSA) is 39.1 Å². The molecule has 3 heteroatoms. The first kappa shape index (κ1) is 14.5. The van der Waals surface area contributed by atoms with E-state index in [1.165, 1.54) is 25.8 Å². The van der Waals surface area contributed by atoms with Crippen molar-refractivity contribution >= 4 is 0 Å². The van der Waals surface area contributed by atoms with Gasteiger partial charge in [-0.2, -0.15) is 5.26 Å². The summed E-state index contributed by atoms with van der Waals surface area (Å²) in [5, 5.41) is 12.2. The molecule has 0 bridgehead atoms. The van der Waals surface area contributed by atoms with Gasteiger partial charge in [0.2, 0.25) is 0 Å². The highest BCUT2D eigenvalue weighted by Gasteiger charge is 2.28. The molecule has 1 unspecified atom stereocenters. The summed E-state index contributed by atoms with van der Waals surface area (Å²) in [7, 11) is 0. The molecule has 17 heavy (non-hydrogen) atoms. The van der Waals surface area contributed by atoms with E-state index >= 15 is 0 Å². The van der Waals surface area contributed by atoms with Gasteiger partial charge < -0.3 is 10.2 Å². The highest BCUT2D eigenvalue weighted by atomic mass is 15.2. The highest BCUT2D eigenvalue weighted by Crippen LogP contribution is 2.27. The molecular formula is C14H27N3. The van der Waals surface area contributed by atoms with E-state index in [1.54, 1.807) is 0 Å². The Bertz CT molecular complexity index is 240. The number of nitrogens with one attached hydrogen (secondary N) is 1. The molecule has 0 amide bonds. The minimum Gasteiger partial charge on any atom is -0.302 e. The Morgan fingerprint density at radius 3 is 2.41 bits per heavy atom. The molecule has 0 heterocycles. The number of hydrogen-bond acceptors (Lipinski definition) is 3. The number of hydrogen-bond donors (Lipinski definition) is 1. The van der Waals surface area contributed by atoms with E-state index in [1.807, 2.05) is 0 Å². The van der Waals surface area contributed by atoms with Crippen molar-refractivity contribution in [3.05, 3.63) is 0 Å². The van der Waals surface area contributed by atoms with Gasteiger partial charge in [0.25, 0.3) is 0 Å². The first-order valence-electron chi connectivity index (χ1n) is 7.04. The first-order chi connectivity index (χ1) is 8.17. The monoisotopic (exact) mass is 237 g/mol. The molecule has 0 saturated heterocycles. The zero-order valence-corrected chi connectivity index (χ0v) is 11.6. The smallest absolute Gasteiger partial charge is 0.0965 e. The third kappa shape index (κ3) is 6.05. The second-order valence-corrected chi connectivity index (χ2v) is 5.48. The molecule has 0 aromatic rings. The average molecular weight is 237 g/mol. The highest BCUT2D eigenvalue weighted by molar-refractivity contribution is 4.92. The van der Waals surface area contributed by atoms with E-state index in [0.717, 1.165) is 31.5 Å². The maximum absolute atomic E-state index is 9.01. The predicted octanol–water partition coefficient (Wildman–Crippen LogP) is 2.39. The van der Waals surface area contributed by atoms with Gasteiger partial charge in [-0.15, -0.1) is 0 Å². The molecular weight excluding hydrogens is 210 g/mol. The second-order valence-electron chi connectivity index (χ2n) is 5.48. The van der Waals surface area contributed by atoms with Crippen LogP contribution in [0.1, 0.15) is 46.5 Å². The molecule has 3 nitrogen and oxygen atoms in total. The number of nitriles is 1. The van der Waals surface area contributed by atoms with Crippen LogP contribution in [0.25, 0.3) is 0 Å². The first-order valence-corrected chi connectivity index (χ1v) is 7.04. The van der Waals surface area contributed by atoms with Gasteiger partial charge in [-0.3, -0.25) is 0 Å². The van der Waals surface area contributed by atoms with Crippen molar-refractivity contribution in [1.29, 1.82) is 5.26 Å². The molecule has 1 N–H and O–H groups in total. The van der Waals surface area contributed by atoms with E-state index in [2.05, 4.69) is 37.1 Å². The van der Waals surface area contributed by atoms with E-state index in [4.69, 9.17) is 5.26 Å². The fourth-order valence-electron chi connectivity index (χ4n) is 2.09. The van der Waals surface area contributed by atoms with Crippen LogP contribution >= 0.6 is 0 Å². The van der Waals surface area contributed by atoms with Gasteiger partial charge in [-0.1, -0.05) is 20.8 Å². The Kier molecular flexibility index (Phi) is 6.54. The predicted molar refractivity (Wildman–Crippen MR) is 71.7 cm³/mol. The van der Waals surface area contributed by atoms with Crippen LogP contribution in [-0.4, -0.2) is 36.6 Å². The summed E-state index contributed by atoms with van der Waals surface area (Å²) in [6.07, 6.45) is 4.95. The lowest BCUT2D eigenvalue weighted by atomic mass is 10.1. The van der Waals surface area contributed by atoms with Crippen molar-refractivity contribution in [1.82, 2.24) is 10.2 Å². The maximum atomic E-state index is 9.01. The molecule has 1 saturated carbocycles. The summed E-state index contributed by atoms with van der Waals surface area (Å²) in [6.45, 7) is 9.77. The SMILES string of the molecule is CCNC(C#N)CCN(CCC(C)C)C1CC1. The fraction of sp³-hybridized carbons (Fsp3) is 0.929. The van der Waals surface area contributed by atoms with Crippen molar-refractivity contribution in [2.75, 3.05) is 19.6 Å². The van der Waals surface area contributed by atoms with E-state index in [0.29, 0.717) is 0 Å². The summed E-state index contributed by atoms with van der Waals surface area (Å²) in [5.41, 5.74) is 0. The third-order valence-corrected chi connectivity index (χ3v) is 3.37. The molecule has 0 aliphatic heterocycles. The van der Waals surface area contributed by atoms with Crippen molar-refractivity contribution in [3.63, 3.8) is 0 Å². The van der Waals surface area contributed by atoms with Crippen molar-refractivity contribution in [2.45, 2.75) is 58.5 Å². The second kappa shape index (κ2) is 7.68. The Morgan fingerprint density at radius 1 is 1.29 bits per heavy atom. The van der Waals surface area contributed by atoms with Gasteiger partial charge in [0, 0.05) is 12.6 Å². The maximum Gasteiger partial charge on any atom is 0.0965 e. The molecule has 0 aromatic heterocycles. The van der Waals surface area contributed by atoms with Crippen molar-refractivity contribution < 1.29 is 0 Å². The fourth-order valence-corrected chi connectivity index (χ4v) is 2.09. The minimum absolute atomic E-state index is 0.0281. The summed E-state index contributed by atoms with van der Waals surface area (Å²) >= 11 is 0. The molecule has 1 atom stereocenters. The third-order valence-electron chi connectivity index (χ3n) is 3.37. The van der Waals surface area contributed by atoms with Gasteiger partial charge in [0.1, 0.15) is 0 Å². The number of rotatable bonds is 9. The lowest BCUT2D eigenvalue weighted by molar-refractivity contribution is 0.239. The van der Waals surface area contributed by atoms with Crippen LogP contribution in [0.3, 0.4) is 0 Å². The Hall–Kier alpha value is -0.590. The lowest BCUT2D eigenvalue weighted by Crippen LogP contribution is -2.35. The Morgan fingerprint density at radius 2 is 1.94 bits per heavy atom. The number of nitrogens with zero attached hydrogens (tertiary/aromatic N) is 2. The largest absolute Gasteiger partial charge is 0.302 e. The van der Waals surface area contributed by atoms with Crippen LogP contribution in [0.5, 0.6) is 0 Å². The van der Waals surface area contributed by atoms with Crippen LogP contribution in [0, 0.1) is 17.2 Å². The van der Waals surface area contributed by atoms with Crippen LogP contribution in [0.2, 0.25) is 0 Å². The Balaban J connectivity index is 2.26. The molecule has 0 aromatic carbocycles. The molecule has 98 valence electrons. The quantitative estimate of drug-likeness (QED) is 0.669. The van der Waals surface area contributed by atoms with Crippen LogP contribution < -0.4 is 5.32 Å². The zero-order chi connectivity index (χ0) is 12.7.